The normalized spacial score (nSPS) is 16.5. The van der Waals surface area contributed by atoms with E-state index in [9.17, 15) is 9.59 Å². The van der Waals surface area contributed by atoms with Gasteiger partial charge in [-0.1, -0.05) is 66.4 Å². The number of anilines is 1. The van der Waals surface area contributed by atoms with Crippen LogP contribution in [-0.2, 0) is 9.53 Å². The third kappa shape index (κ3) is 4.45. The molecule has 1 aliphatic heterocycles. The second-order valence-corrected chi connectivity index (χ2v) is 9.61. The van der Waals surface area contributed by atoms with Crippen molar-refractivity contribution in [2.45, 2.75) is 30.3 Å². The number of nitrogens with one attached hydrogen (secondary N) is 2. The lowest BCUT2D eigenvalue weighted by molar-refractivity contribution is -0.116. The Hall–Kier alpha value is -4.11. The monoisotopic (exact) mass is 499 g/mol. The van der Waals surface area contributed by atoms with Crippen molar-refractivity contribution in [2.75, 3.05) is 17.9 Å². The second-order valence-electron chi connectivity index (χ2n) is 8.50. The Morgan fingerprint density at radius 2 is 1.72 bits per heavy atom. The van der Waals surface area contributed by atoms with Gasteiger partial charge in [0.05, 0.1) is 18.7 Å². The topological polar surface area (TPSA) is 98.1 Å². The number of aromatic nitrogens is 3. The molecule has 2 N–H and O–H groups in total. The molecule has 2 atom stereocenters. The van der Waals surface area contributed by atoms with Crippen molar-refractivity contribution in [1.29, 1.82) is 0 Å². The van der Waals surface area contributed by atoms with Gasteiger partial charge < -0.3 is 15.5 Å². The highest BCUT2D eigenvalue weighted by atomic mass is 32.2. The zero-order valence-electron chi connectivity index (χ0n) is 20.1. The number of aryl methyl sites for hydroxylation is 1. The Morgan fingerprint density at radius 3 is 2.44 bits per heavy atom. The van der Waals surface area contributed by atoms with Gasteiger partial charge >= 0.3 is 5.97 Å². The van der Waals surface area contributed by atoms with Crippen LogP contribution in [0.2, 0.25) is 0 Å². The highest BCUT2D eigenvalue weighted by Crippen LogP contribution is 2.39. The van der Waals surface area contributed by atoms with E-state index in [1.807, 2.05) is 79.2 Å². The molecule has 36 heavy (non-hydrogen) atoms. The summed E-state index contributed by atoms with van der Waals surface area (Å²) in [4.78, 5) is 25.6. The molecular formula is C27H25N5O3S. The van der Waals surface area contributed by atoms with Gasteiger partial charge in [0.2, 0.25) is 11.1 Å². The van der Waals surface area contributed by atoms with Gasteiger partial charge in [-0.05, 0) is 48.7 Å². The number of ether oxygens (including phenoxy) is 1. The van der Waals surface area contributed by atoms with Gasteiger partial charge in [0.1, 0.15) is 5.25 Å². The number of fused-ring (bicyclic) bond motifs is 1. The molecule has 1 aromatic heterocycles. The molecule has 3 aromatic carbocycles. The summed E-state index contributed by atoms with van der Waals surface area (Å²) < 4.78 is 6.65. The number of nitrogens with zero attached hydrogens (tertiary/aromatic N) is 3. The van der Waals surface area contributed by atoms with Crippen molar-refractivity contribution in [3.8, 4) is 11.4 Å². The third-order valence-corrected chi connectivity index (χ3v) is 7.50. The van der Waals surface area contributed by atoms with Gasteiger partial charge in [-0.2, -0.15) is 0 Å². The molecule has 8 nitrogen and oxygen atoms in total. The summed E-state index contributed by atoms with van der Waals surface area (Å²) in [5.74, 6) is 0.0885. The second kappa shape index (κ2) is 9.87. The standard InChI is InChI=1S/C27H25N5O3S/c1-16-8-7-11-21(17(16)2)28-25(33)23-22(18-12-14-20(15-13-18)26(34)35-3)31-32-24(29-30-27(32)36-23)19-9-5-4-6-10-19/h4-15,22-23,31H,1-3H3,(H,28,33)/t22-,23+/m0/s1. The van der Waals surface area contributed by atoms with E-state index in [0.29, 0.717) is 16.5 Å². The molecule has 5 rings (SSSR count). The number of benzene rings is 3. The zero-order chi connectivity index (χ0) is 25.2. The van der Waals surface area contributed by atoms with Crippen molar-refractivity contribution in [1.82, 2.24) is 14.9 Å². The van der Waals surface area contributed by atoms with Gasteiger partial charge in [-0.15, -0.1) is 10.2 Å². The molecule has 1 aliphatic rings. The molecule has 1 amide bonds. The molecule has 0 fully saturated rings. The Bertz CT molecular complexity index is 1420. The number of carbonyl (C=O) groups excluding carboxylic acids is 2. The van der Waals surface area contributed by atoms with Crippen LogP contribution < -0.4 is 10.7 Å². The molecule has 0 saturated heterocycles. The molecule has 0 aliphatic carbocycles. The predicted octanol–water partition coefficient (Wildman–Crippen LogP) is 4.75. The first kappa shape index (κ1) is 23.6. The van der Waals surface area contributed by atoms with Crippen molar-refractivity contribution in [3.63, 3.8) is 0 Å². The van der Waals surface area contributed by atoms with E-state index in [0.717, 1.165) is 27.9 Å². The Morgan fingerprint density at radius 1 is 0.972 bits per heavy atom. The van der Waals surface area contributed by atoms with E-state index in [-0.39, 0.29) is 5.91 Å². The molecule has 9 heteroatoms. The highest BCUT2D eigenvalue weighted by molar-refractivity contribution is 8.00. The average Bonchev–Trinajstić information content (AvgIpc) is 3.33. The van der Waals surface area contributed by atoms with Gasteiger partial charge in [0, 0.05) is 11.3 Å². The fourth-order valence-corrected chi connectivity index (χ4v) is 5.19. The summed E-state index contributed by atoms with van der Waals surface area (Å²) in [6, 6.07) is 22.2. The number of rotatable bonds is 5. The van der Waals surface area contributed by atoms with Crippen LogP contribution in [0.4, 0.5) is 5.69 Å². The Balaban J connectivity index is 1.52. The summed E-state index contributed by atoms with van der Waals surface area (Å²) in [5, 5.41) is 11.9. The van der Waals surface area contributed by atoms with E-state index in [1.54, 1.807) is 12.1 Å². The Labute approximate surface area is 213 Å². The van der Waals surface area contributed by atoms with Gasteiger partial charge in [0.15, 0.2) is 5.82 Å². The quantitative estimate of drug-likeness (QED) is 0.383. The van der Waals surface area contributed by atoms with Crippen LogP contribution in [-0.4, -0.2) is 39.1 Å². The number of carbonyl (C=O) groups is 2. The number of thioether (sulfide) groups is 1. The van der Waals surface area contributed by atoms with E-state index < -0.39 is 17.3 Å². The molecule has 0 bridgehead atoms. The number of esters is 1. The van der Waals surface area contributed by atoms with Crippen molar-refractivity contribution in [2.24, 2.45) is 0 Å². The van der Waals surface area contributed by atoms with E-state index in [2.05, 4.69) is 20.9 Å². The molecular weight excluding hydrogens is 474 g/mol. The van der Waals surface area contributed by atoms with Crippen LogP contribution in [0.15, 0.2) is 78.0 Å². The van der Waals surface area contributed by atoms with Crippen LogP contribution in [0, 0.1) is 13.8 Å². The zero-order valence-corrected chi connectivity index (χ0v) is 20.9. The minimum Gasteiger partial charge on any atom is -0.465 e. The third-order valence-electron chi connectivity index (χ3n) is 6.28. The molecule has 0 spiro atoms. The van der Waals surface area contributed by atoms with Crippen LogP contribution in [0.1, 0.15) is 33.1 Å². The number of methoxy groups -OCH3 is 1. The summed E-state index contributed by atoms with van der Waals surface area (Å²) in [7, 11) is 1.35. The van der Waals surface area contributed by atoms with Crippen LogP contribution in [0.3, 0.4) is 0 Å². The number of hydrogen-bond acceptors (Lipinski definition) is 7. The highest BCUT2D eigenvalue weighted by Gasteiger charge is 2.38. The first-order valence-electron chi connectivity index (χ1n) is 11.5. The summed E-state index contributed by atoms with van der Waals surface area (Å²) in [6.07, 6.45) is 0. The minimum atomic E-state index is -0.547. The van der Waals surface area contributed by atoms with Crippen LogP contribution in [0.25, 0.3) is 11.4 Å². The fraction of sp³-hybridized carbons (Fsp3) is 0.185. The maximum atomic E-state index is 13.6. The van der Waals surface area contributed by atoms with Crippen molar-refractivity contribution in [3.05, 3.63) is 95.1 Å². The maximum Gasteiger partial charge on any atom is 0.337 e. The lowest BCUT2D eigenvalue weighted by Gasteiger charge is -2.33. The SMILES string of the molecule is COC(=O)c1ccc([C@@H]2Nn3c(nnc3-c3ccccc3)S[C@H]2C(=O)Nc2cccc(C)c2C)cc1. The molecule has 0 unspecified atom stereocenters. The van der Waals surface area contributed by atoms with E-state index in [1.165, 1.54) is 18.9 Å². The molecule has 182 valence electrons. The minimum absolute atomic E-state index is 0.154. The smallest absolute Gasteiger partial charge is 0.337 e. The number of hydrogen-bond donors (Lipinski definition) is 2. The van der Waals surface area contributed by atoms with Crippen molar-refractivity contribution >= 4 is 29.3 Å². The van der Waals surface area contributed by atoms with Gasteiger partial charge in [-0.25, -0.2) is 9.47 Å². The largest absolute Gasteiger partial charge is 0.465 e. The Kier molecular flexibility index (Phi) is 6.47. The first-order valence-corrected chi connectivity index (χ1v) is 12.3. The molecule has 4 aromatic rings. The summed E-state index contributed by atoms with van der Waals surface area (Å²) >= 11 is 1.35. The first-order chi connectivity index (χ1) is 17.5. The van der Waals surface area contributed by atoms with Gasteiger partial charge in [-0.3, -0.25) is 4.79 Å². The predicted molar refractivity (Wildman–Crippen MR) is 140 cm³/mol. The van der Waals surface area contributed by atoms with Crippen molar-refractivity contribution < 1.29 is 14.3 Å². The summed E-state index contributed by atoms with van der Waals surface area (Å²) in [5.41, 5.74) is 8.55. The van der Waals surface area contributed by atoms with Gasteiger partial charge in [0.25, 0.3) is 0 Å². The summed E-state index contributed by atoms with van der Waals surface area (Å²) in [6.45, 7) is 4.00. The maximum absolute atomic E-state index is 13.6. The lowest BCUT2D eigenvalue weighted by atomic mass is 10.0. The van der Waals surface area contributed by atoms with Crippen LogP contribution in [0.5, 0.6) is 0 Å². The molecule has 0 saturated carbocycles. The fourth-order valence-electron chi connectivity index (χ4n) is 4.11. The lowest BCUT2D eigenvalue weighted by Crippen LogP contribution is -2.41. The average molecular weight is 500 g/mol. The molecule has 2 heterocycles. The van der Waals surface area contributed by atoms with Crippen LogP contribution >= 0.6 is 11.8 Å². The molecule has 0 radical (unpaired) electrons. The number of amides is 1. The van der Waals surface area contributed by atoms with E-state index in [4.69, 9.17) is 4.74 Å². The van der Waals surface area contributed by atoms with E-state index >= 15 is 0 Å².